The van der Waals surface area contributed by atoms with Gasteiger partial charge in [-0.25, -0.2) is 4.98 Å². The van der Waals surface area contributed by atoms with E-state index >= 15 is 0 Å². The van der Waals surface area contributed by atoms with E-state index in [1.54, 1.807) is 17.0 Å². The standard InChI is InChI=1S/C19H20N2O3/c1-2-23-17-10-5-6-11-18(17)24-13-7-12-21-14-20-16-9-4-3-8-15(16)19(21)22/h3-6,8-11,14H,2,7,12-13H2,1H3. The molecule has 2 aromatic carbocycles. The van der Waals surface area contributed by atoms with Crippen molar-refractivity contribution in [1.29, 1.82) is 0 Å². The number of aromatic nitrogens is 2. The Hall–Kier alpha value is -2.82. The minimum Gasteiger partial charge on any atom is -0.490 e. The number of fused-ring (bicyclic) bond motifs is 1. The van der Waals surface area contributed by atoms with Gasteiger partial charge in [0.1, 0.15) is 0 Å². The molecule has 0 N–H and O–H groups in total. The molecule has 0 atom stereocenters. The first kappa shape index (κ1) is 16.1. The lowest BCUT2D eigenvalue weighted by Crippen LogP contribution is -2.21. The number of ether oxygens (including phenoxy) is 2. The number of benzene rings is 2. The Morgan fingerprint density at radius 3 is 2.50 bits per heavy atom. The summed E-state index contributed by atoms with van der Waals surface area (Å²) in [5.41, 5.74) is 0.705. The van der Waals surface area contributed by atoms with Crippen LogP contribution in [0, 0.1) is 0 Å². The first-order valence-corrected chi connectivity index (χ1v) is 8.08. The zero-order chi connectivity index (χ0) is 16.8. The van der Waals surface area contributed by atoms with Gasteiger partial charge < -0.3 is 9.47 Å². The van der Waals surface area contributed by atoms with Crippen molar-refractivity contribution in [2.24, 2.45) is 0 Å². The number of nitrogens with zero attached hydrogens (tertiary/aromatic N) is 2. The Morgan fingerprint density at radius 1 is 1.00 bits per heavy atom. The van der Waals surface area contributed by atoms with Gasteiger partial charge in [-0.2, -0.15) is 0 Å². The quantitative estimate of drug-likeness (QED) is 0.626. The molecule has 0 bridgehead atoms. The largest absolute Gasteiger partial charge is 0.490 e. The average Bonchev–Trinajstić information content (AvgIpc) is 2.62. The zero-order valence-electron chi connectivity index (χ0n) is 13.6. The molecule has 0 saturated heterocycles. The van der Waals surface area contributed by atoms with Crippen molar-refractivity contribution in [3.05, 3.63) is 65.2 Å². The predicted octanol–water partition coefficient (Wildman–Crippen LogP) is 3.26. The molecule has 0 unspecified atom stereocenters. The van der Waals surface area contributed by atoms with E-state index in [0.717, 1.165) is 17.0 Å². The lowest BCUT2D eigenvalue weighted by atomic mass is 10.2. The van der Waals surface area contributed by atoms with Gasteiger partial charge in [0.05, 0.1) is 30.4 Å². The van der Waals surface area contributed by atoms with Gasteiger partial charge in [-0.15, -0.1) is 0 Å². The van der Waals surface area contributed by atoms with Crippen molar-refractivity contribution in [3.63, 3.8) is 0 Å². The maximum absolute atomic E-state index is 12.4. The van der Waals surface area contributed by atoms with Crippen LogP contribution in [-0.2, 0) is 6.54 Å². The lowest BCUT2D eigenvalue weighted by molar-refractivity contribution is 0.268. The summed E-state index contributed by atoms with van der Waals surface area (Å²) >= 11 is 0. The van der Waals surface area contributed by atoms with Gasteiger partial charge in [-0.3, -0.25) is 9.36 Å². The molecule has 0 aliphatic rings. The van der Waals surface area contributed by atoms with E-state index in [2.05, 4.69) is 4.98 Å². The fourth-order valence-corrected chi connectivity index (χ4v) is 2.53. The molecule has 0 radical (unpaired) electrons. The van der Waals surface area contributed by atoms with Crippen molar-refractivity contribution < 1.29 is 9.47 Å². The molecule has 124 valence electrons. The molecule has 3 rings (SSSR count). The maximum atomic E-state index is 12.4. The second-order valence-electron chi connectivity index (χ2n) is 5.34. The van der Waals surface area contributed by atoms with Crippen molar-refractivity contribution in [1.82, 2.24) is 9.55 Å². The summed E-state index contributed by atoms with van der Waals surface area (Å²) in [5, 5.41) is 0.641. The molecule has 0 fully saturated rings. The van der Waals surface area contributed by atoms with Crippen LogP contribution in [0.1, 0.15) is 13.3 Å². The summed E-state index contributed by atoms with van der Waals surface area (Å²) in [6.45, 7) is 3.60. The minimum atomic E-state index is -0.0182. The summed E-state index contributed by atoms with van der Waals surface area (Å²) in [6, 6.07) is 15.0. The third-order valence-electron chi connectivity index (χ3n) is 3.68. The predicted molar refractivity (Wildman–Crippen MR) is 93.7 cm³/mol. The summed E-state index contributed by atoms with van der Waals surface area (Å²) in [6.07, 6.45) is 2.30. The molecule has 5 heteroatoms. The molecule has 1 heterocycles. The highest BCUT2D eigenvalue weighted by Gasteiger charge is 2.05. The Morgan fingerprint density at radius 2 is 1.71 bits per heavy atom. The number of hydrogen-bond donors (Lipinski definition) is 0. The second kappa shape index (κ2) is 7.64. The van der Waals surface area contributed by atoms with E-state index in [1.165, 1.54) is 0 Å². The SMILES string of the molecule is CCOc1ccccc1OCCCn1cnc2ccccc2c1=O. The monoisotopic (exact) mass is 324 g/mol. The van der Waals surface area contributed by atoms with Gasteiger partial charge in [-0.05, 0) is 37.6 Å². The van der Waals surface area contributed by atoms with Gasteiger partial charge in [0.25, 0.3) is 5.56 Å². The third-order valence-corrected chi connectivity index (χ3v) is 3.68. The number of hydrogen-bond acceptors (Lipinski definition) is 4. The Labute approximate surface area is 140 Å². The molecule has 24 heavy (non-hydrogen) atoms. The summed E-state index contributed by atoms with van der Waals surface area (Å²) < 4.78 is 12.9. The van der Waals surface area contributed by atoms with Crippen LogP contribution in [0.5, 0.6) is 11.5 Å². The Bertz CT molecular complexity index is 874. The third kappa shape index (κ3) is 3.56. The van der Waals surface area contributed by atoms with Gasteiger partial charge in [0.15, 0.2) is 11.5 Å². The van der Waals surface area contributed by atoms with E-state index < -0.39 is 0 Å². The normalized spacial score (nSPS) is 10.7. The van der Waals surface area contributed by atoms with Crippen molar-refractivity contribution in [2.45, 2.75) is 19.9 Å². The Kier molecular flexibility index (Phi) is 5.11. The summed E-state index contributed by atoms with van der Waals surface area (Å²) in [7, 11) is 0. The molecule has 5 nitrogen and oxygen atoms in total. The van der Waals surface area contributed by atoms with E-state index in [4.69, 9.17) is 9.47 Å². The molecule has 0 aliphatic carbocycles. The van der Waals surface area contributed by atoms with Crippen LogP contribution >= 0.6 is 0 Å². The van der Waals surface area contributed by atoms with Gasteiger partial charge >= 0.3 is 0 Å². The molecular weight excluding hydrogens is 304 g/mol. The molecular formula is C19H20N2O3. The van der Waals surface area contributed by atoms with E-state index in [-0.39, 0.29) is 5.56 Å². The van der Waals surface area contributed by atoms with Crippen LogP contribution in [0.15, 0.2) is 59.7 Å². The first-order chi connectivity index (χ1) is 11.8. The van der Waals surface area contributed by atoms with Crippen LogP contribution in [0.2, 0.25) is 0 Å². The summed E-state index contributed by atoms with van der Waals surface area (Å²) in [5.74, 6) is 1.47. The smallest absolute Gasteiger partial charge is 0.261 e. The first-order valence-electron chi connectivity index (χ1n) is 8.08. The number of rotatable bonds is 7. The number of para-hydroxylation sites is 3. The fraction of sp³-hybridized carbons (Fsp3) is 0.263. The van der Waals surface area contributed by atoms with Crippen molar-refractivity contribution in [3.8, 4) is 11.5 Å². The highest BCUT2D eigenvalue weighted by atomic mass is 16.5. The topological polar surface area (TPSA) is 53.4 Å². The number of aryl methyl sites for hydroxylation is 1. The fourth-order valence-electron chi connectivity index (χ4n) is 2.53. The van der Waals surface area contributed by atoms with E-state index in [1.807, 2.05) is 49.4 Å². The second-order valence-corrected chi connectivity index (χ2v) is 5.34. The van der Waals surface area contributed by atoms with E-state index in [9.17, 15) is 4.79 Å². The van der Waals surface area contributed by atoms with Gasteiger partial charge in [-0.1, -0.05) is 24.3 Å². The molecule has 0 amide bonds. The van der Waals surface area contributed by atoms with Crippen LogP contribution in [-0.4, -0.2) is 22.8 Å². The van der Waals surface area contributed by atoms with E-state index in [0.29, 0.717) is 31.6 Å². The lowest BCUT2D eigenvalue weighted by Gasteiger charge is -2.12. The molecule has 0 spiro atoms. The van der Waals surface area contributed by atoms with Crippen molar-refractivity contribution in [2.75, 3.05) is 13.2 Å². The van der Waals surface area contributed by atoms with Gasteiger partial charge in [0.2, 0.25) is 0 Å². The summed E-state index contributed by atoms with van der Waals surface area (Å²) in [4.78, 5) is 16.7. The van der Waals surface area contributed by atoms with Crippen LogP contribution in [0.3, 0.4) is 0 Å². The maximum Gasteiger partial charge on any atom is 0.261 e. The zero-order valence-corrected chi connectivity index (χ0v) is 13.6. The molecule has 3 aromatic rings. The van der Waals surface area contributed by atoms with Crippen LogP contribution in [0.25, 0.3) is 10.9 Å². The van der Waals surface area contributed by atoms with Crippen LogP contribution in [0.4, 0.5) is 0 Å². The average molecular weight is 324 g/mol. The molecule has 0 saturated carbocycles. The molecule has 1 aromatic heterocycles. The van der Waals surface area contributed by atoms with Gasteiger partial charge in [0, 0.05) is 6.54 Å². The highest BCUT2D eigenvalue weighted by Crippen LogP contribution is 2.26. The minimum absolute atomic E-state index is 0.0182. The van der Waals surface area contributed by atoms with Crippen LogP contribution < -0.4 is 15.0 Å². The Balaban J connectivity index is 1.61. The molecule has 0 aliphatic heterocycles. The van der Waals surface area contributed by atoms with Crippen molar-refractivity contribution >= 4 is 10.9 Å². The highest BCUT2D eigenvalue weighted by molar-refractivity contribution is 5.76.